The Morgan fingerprint density at radius 1 is 1.00 bits per heavy atom. The first kappa shape index (κ1) is 20.3. The maximum atomic E-state index is 5.44. The molecule has 2 aliphatic rings. The van der Waals surface area contributed by atoms with Crippen molar-refractivity contribution in [2.75, 3.05) is 38.4 Å². The molecular formula is C23H31N5O2. The lowest BCUT2D eigenvalue weighted by molar-refractivity contribution is 0.174. The number of aromatic nitrogens is 1. The molecule has 7 heteroatoms. The molecule has 0 aliphatic carbocycles. The molecule has 1 saturated heterocycles. The SMILES string of the molecule is CN=C(NCCc1ccc2c(c1)OCO2)NCc1ccc(N2CCCCCC2)nc1. The van der Waals surface area contributed by atoms with Gasteiger partial charge in [-0.1, -0.05) is 25.0 Å². The van der Waals surface area contributed by atoms with Gasteiger partial charge in [0.05, 0.1) is 0 Å². The zero-order valence-corrected chi connectivity index (χ0v) is 17.7. The molecule has 2 aromatic rings. The fourth-order valence-corrected chi connectivity index (χ4v) is 3.84. The maximum absolute atomic E-state index is 5.44. The summed E-state index contributed by atoms with van der Waals surface area (Å²) in [5, 5.41) is 6.73. The lowest BCUT2D eigenvalue weighted by atomic mass is 10.1. The zero-order valence-electron chi connectivity index (χ0n) is 17.7. The second-order valence-electron chi connectivity index (χ2n) is 7.72. The maximum Gasteiger partial charge on any atom is 0.231 e. The number of fused-ring (bicyclic) bond motifs is 1. The fourth-order valence-electron chi connectivity index (χ4n) is 3.84. The third-order valence-electron chi connectivity index (χ3n) is 5.57. The Morgan fingerprint density at radius 2 is 1.80 bits per heavy atom. The second kappa shape index (κ2) is 10.2. The molecule has 2 N–H and O–H groups in total. The Morgan fingerprint density at radius 3 is 2.57 bits per heavy atom. The number of aliphatic imine (C=N–C) groups is 1. The Bertz CT molecular complexity index is 845. The van der Waals surface area contributed by atoms with Gasteiger partial charge in [-0.3, -0.25) is 4.99 Å². The Labute approximate surface area is 178 Å². The van der Waals surface area contributed by atoms with Crippen molar-refractivity contribution >= 4 is 11.8 Å². The molecule has 0 unspecified atom stereocenters. The van der Waals surface area contributed by atoms with Gasteiger partial charge in [-0.15, -0.1) is 0 Å². The number of hydrogen-bond acceptors (Lipinski definition) is 5. The largest absolute Gasteiger partial charge is 0.454 e. The number of ether oxygens (including phenoxy) is 2. The molecule has 1 fully saturated rings. The first-order valence-corrected chi connectivity index (χ1v) is 10.8. The van der Waals surface area contributed by atoms with E-state index in [-0.39, 0.29) is 0 Å². The lowest BCUT2D eigenvalue weighted by Gasteiger charge is -2.21. The zero-order chi connectivity index (χ0) is 20.6. The van der Waals surface area contributed by atoms with Crippen molar-refractivity contribution in [2.24, 2.45) is 4.99 Å². The minimum atomic E-state index is 0.307. The molecule has 30 heavy (non-hydrogen) atoms. The molecule has 0 atom stereocenters. The van der Waals surface area contributed by atoms with Crippen LogP contribution in [0.25, 0.3) is 0 Å². The van der Waals surface area contributed by atoms with Crippen LogP contribution in [0, 0.1) is 0 Å². The van der Waals surface area contributed by atoms with Crippen LogP contribution in [0.2, 0.25) is 0 Å². The second-order valence-corrected chi connectivity index (χ2v) is 7.72. The fraction of sp³-hybridized carbons (Fsp3) is 0.478. The summed E-state index contributed by atoms with van der Waals surface area (Å²) in [4.78, 5) is 11.4. The van der Waals surface area contributed by atoms with E-state index < -0.39 is 0 Å². The average Bonchev–Trinajstić information content (AvgIpc) is 3.08. The van der Waals surface area contributed by atoms with Crippen molar-refractivity contribution in [1.29, 1.82) is 0 Å². The molecule has 4 rings (SSSR count). The first-order valence-electron chi connectivity index (χ1n) is 10.8. The number of rotatable bonds is 6. The number of nitrogens with one attached hydrogen (secondary N) is 2. The summed E-state index contributed by atoms with van der Waals surface area (Å²) < 4.78 is 10.8. The van der Waals surface area contributed by atoms with Crippen LogP contribution in [0.5, 0.6) is 11.5 Å². The van der Waals surface area contributed by atoms with E-state index in [1.54, 1.807) is 7.05 Å². The van der Waals surface area contributed by atoms with Crippen molar-refractivity contribution in [3.8, 4) is 11.5 Å². The van der Waals surface area contributed by atoms with E-state index in [0.29, 0.717) is 13.3 Å². The molecular weight excluding hydrogens is 378 g/mol. The minimum absolute atomic E-state index is 0.307. The predicted octanol–water partition coefficient (Wildman–Crippen LogP) is 3.10. The van der Waals surface area contributed by atoms with E-state index in [0.717, 1.165) is 54.9 Å². The molecule has 1 aromatic carbocycles. The number of benzene rings is 1. The van der Waals surface area contributed by atoms with Gasteiger partial charge in [0.1, 0.15) is 5.82 Å². The Kier molecular flexibility index (Phi) is 6.90. The number of guanidine groups is 1. The van der Waals surface area contributed by atoms with Gasteiger partial charge in [-0.05, 0) is 48.6 Å². The average molecular weight is 410 g/mol. The molecule has 3 heterocycles. The van der Waals surface area contributed by atoms with Gasteiger partial charge in [0.15, 0.2) is 17.5 Å². The third-order valence-corrected chi connectivity index (χ3v) is 5.57. The number of pyridine rings is 1. The predicted molar refractivity (Wildman–Crippen MR) is 119 cm³/mol. The topological polar surface area (TPSA) is 71.0 Å². The van der Waals surface area contributed by atoms with Crippen molar-refractivity contribution in [3.63, 3.8) is 0 Å². The van der Waals surface area contributed by atoms with Crippen LogP contribution in [-0.4, -0.2) is 44.4 Å². The quantitative estimate of drug-likeness (QED) is 0.564. The van der Waals surface area contributed by atoms with Crippen LogP contribution in [0.4, 0.5) is 5.82 Å². The highest BCUT2D eigenvalue weighted by molar-refractivity contribution is 5.79. The molecule has 0 amide bonds. The van der Waals surface area contributed by atoms with Gasteiger partial charge in [-0.2, -0.15) is 0 Å². The van der Waals surface area contributed by atoms with Gasteiger partial charge in [0.25, 0.3) is 0 Å². The number of hydrogen-bond donors (Lipinski definition) is 2. The lowest BCUT2D eigenvalue weighted by Crippen LogP contribution is -2.37. The third kappa shape index (κ3) is 5.34. The Balaban J connectivity index is 1.22. The van der Waals surface area contributed by atoms with Gasteiger partial charge in [-0.25, -0.2) is 4.98 Å². The summed E-state index contributed by atoms with van der Waals surface area (Å²) in [6.45, 7) is 4.01. The molecule has 0 saturated carbocycles. The van der Waals surface area contributed by atoms with Gasteiger partial charge >= 0.3 is 0 Å². The summed E-state index contributed by atoms with van der Waals surface area (Å²) >= 11 is 0. The molecule has 0 bridgehead atoms. The molecule has 2 aliphatic heterocycles. The summed E-state index contributed by atoms with van der Waals surface area (Å²) in [5.41, 5.74) is 2.35. The van der Waals surface area contributed by atoms with Crippen LogP contribution in [-0.2, 0) is 13.0 Å². The van der Waals surface area contributed by atoms with Crippen molar-refractivity contribution in [1.82, 2.24) is 15.6 Å². The van der Waals surface area contributed by atoms with Gasteiger partial charge < -0.3 is 25.0 Å². The normalized spacial score (nSPS) is 16.3. The molecule has 0 spiro atoms. The van der Waals surface area contributed by atoms with E-state index in [1.165, 1.54) is 31.2 Å². The van der Waals surface area contributed by atoms with Crippen molar-refractivity contribution in [2.45, 2.75) is 38.6 Å². The first-order chi connectivity index (χ1) is 14.8. The van der Waals surface area contributed by atoms with E-state index >= 15 is 0 Å². The highest BCUT2D eigenvalue weighted by atomic mass is 16.7. The van der Waals surface area contributed by atoms with Crippen molar-refractivity contribution in [3.05, 3.63) is 47.7 Å². The highest BCUT2D eigenvalue weighted by Gasteiger charge is 2.13. The summed E-state index contributed by atoms with van der Waals surface area (Å²) in [5.74, 6) is 3.52. The van der Waals surface area contributed by atoms with Gasteiger partial charge in [0.2, 0.25) is 6.79 Å². The van der Waals surface area contributed by atoms with E-state index in [1.807, 2.05) is 18.3 Å². The highest BCUT2D eigenvalue weighted by Crippen LogP contribution is 2.32. The van der Waals surface area contributed by atoms with E-state index in [2.05, 4.69) is 43.7 Å². The smallest absolute Gasteiger partial charge is 0.231 e. The summed E-state index contributed by atoms with van der Waals surface area (Å²) in [6.07, 6.45) is 8.04. The van der Waals surface area contributed by atoms with Crippen LogP contribution in [0.15, 0.2) is 41.5 Å². The van der Waals surface area contributed by atoms with Crippen LogP contribution < -0.4 is 25.0 Å². The summed E-state index contributed by atoms with van der Waals surface area (Å²) in [7, 11) is 1.79. The van der Waals surface area contributed by atoms with Gasteiger partial charge in [0, 0.05) is 39.4 Å². The van der Waals surface area contributed by atoms with Crippen molar-refractivity contribution < 1.29 is 9.47 Å². The summed E-state index contributed by atoms with van der Waals surface area (Å²) in [6, 6.07) is 10.4. The molecule has 1 aromatic heterocycles. The van der Waals surface area contributed by atoms with E-state index in [9.17, 15) is 0 Å². The molecule has 7 nitrogen and oxygen atoms in total. The molecule has 0 radical (unpaired) electrons. The number of anilines is 1. The monoisotopic (exact) mass is 409 g/mol. The standard InChI is InChI=1S/C23H31N5O2/c1-24-23(25-11-10-18-6-8-20-21(14-18)30-17-29-20)27-16-19-7-9-22(26-15-19)28-12-4-2-3-5-13-28/h6-9,14-15H,2-5,10-13,16-17H2,1H3,(H2,24,25,27). The molecule has 160 valence electrons. The minimum Gasteiger partial charge on any atom is -0.454 e. The number of nitrogens with zero attached hydrogens (tertiary/aromatic N) is 3. The van der Waals surface area contributed by atoms with Crippen LogP contribution >= 0.6 is 0 Å². The van der Waals surface area contributed by atoms with E-state index in [4.69, 9.17) is 9.47 Å². The van der Waals surface area contributed by atoms with Crippen LogP contribution in [0.1, 0.15) is 36.8 Å². The van der Waals surface area contributed by atoms with Crippen LogP contribution in [0.3, 0.4) is 0 Å². The Hall–Kier alpha value is -2.96.